The summed E-state index contributed by atoms with van der Waals surface area (Å²) in [5.41, 5.74) is 6.33. The molecule has 0 aliphatic carbocycles. The molecule has 0 rings (SSSR count). The number of hydrogen-bond donors (Lipinski definition) is 1. The summed E-state index contributed by atoms with van der Waals surface area (Å²) < 4.78 is 5.64. The van der Waals surface area contributed by atoms with E-state index < -0.39 is 0 Å². The van der Waals surface area contributed by atoms with Gasteiger partial charge in [0.2, 0.25) is 0 Å². The molecule has 0 aliphatic heterocycles. The quantitative estimate of drug-likeness (QED) is 0.536. The van der Waals surface area contributed by atoms with Crippen LogP contribution in [0.3, 0.4) is 0 Å². The highest BCUT2D eigenvalue weighted by Gasteiger charge is 1.96. The van der Waals surface area contributed by atoms with Gasteiger partial charge in [0.1, 0.15) is 5.76 Å². The predicted molar refractivity (Wildman–Crippen MR) is 66.3 cm³/mol. The van der Waals surface area contributed by atoms with E-state index in [0.29, 0.717) is 0 Å². The summed E-state index contributed by atoms with van der Waals surface area (Å²) in [4.78, 5) is 0. The van der Waals surface area contributed by atoms with Crippen molar-refractivity contribution in [3.8, 4) is 0 Å². The highest BCUT2D eigenvalue weighted by molar-refractivity contribution is 5.18. The van der Waals surface area contributed by atoms with Crippen LogP contribution in [0.2, 0.25) is 0 Å². The van der Waals surface area contributed by atoms with Gasteiger partial charge in [-0.05, 0) is 45.4 Å². The van der Waals surface area contributed by atoms with Gasteiger partial charge in [-0.25, -0.2) is 0 Å². The minimum atomic E-state index is 0.209. The van der Waals surface area contributed by atoms with Crippen LogP contribution in [0.25, 0.3) is 0 Å². The molecule has 0 aromatic carbocycles. The van der Waals surface area contributed by atoms with Crippen LogP contribution in [-0.2, 0) is 4.74 Å². The zero-order chi connectivity index (χ0) is 11.7. The molecule has 0 saturated carbocycles. The van der Waals surface area contributed by atoms with Crippen molar-refractivity contribution in [2.45, 2.75) is 46.6 Å². The van der Waals surface area contributed by atoms with Gasteiger partial charge in [0.25, 0.3) is 0 Å². The molecule has 0 aliphatic rings. The zero-order valence-electron chi connectivity index (χ0n) is 10.3. The molecule has 0 fully saturated rings. The van der Waals surface area contributed by atoms with E-state index in [1.165, 1.54) is 0 Å². The molecule has 0 aromatic rings. The summed E-state index contributed by atoms with van der Waals surface area (Å²) in [6, 6.07) is 0. The Morgan fingerprint density at radius 1 is 1.40 bits per heavy atom. The topological polar surface area (TPSA) is 35.2 Å². The van der Waals surface area contributed by atoms with E-state index in [-0.39, 0.29) is 6.10 Å². The fraction of sp³-hybridized carbons (Fsp3) is 0.538. The van der Waals surface area contributed by atoms with Crippen molar-refractivity contribution >= 4 is 0 Å². The monoisotopic (exact) mass is 209 g/mol. The Bertz CT molecular complexity index is 245. The lowest BCUT2D eigenvalue weighted by molar-refractivity contribution is 0.157. The number of unbranched alkanes of at least 4 members (excludes halogenated alkanes) is 1. The van der Waals surface area contributed by atoms with Gasteiger partial charge in [-0.3, -0.25) is 0 Å². The van der Waals surface area contributed by atoms with Crippen LogP contribution in [0, 0.1) is 0 Å². The Hall–Kier alpha value is -1.18. The van der Waals surface area contributed by atoms with Gasteiger partial charge in [0.05, 0.1) is 6.10 Å². The first kappa shape index (κ1) is 13.8. The van der Waals surface area contributed by atoms with Gasteiger partial charge in [-0.1, -0.05) is 19.4 Å². The van der Waals surface area contributed by atoms with Crippen molar-refractivity contribution in [2.24, 2.45) is 5.73 Å². The minimum absolute atomic E-state index is 0.209. The maximum atomic E-state index is 5.64. The molecule has 86 valence electrons. The molecule has 15 heavy (non-hydrogen) atoms. The van der Waals surface area contributed by atoms with Crippen LogP contribution in [0.5, 0.6) is 0 Å². The van der Waals surface area contributed by atoms with Crippen molar-refractivity contribution in [2.75, 3.05) is 0 Å². The maximum Gasteiger partial charge on any atom is 0.115 e. The van der Waals surface area contributed by atoms with E-state index in [0.717, 1.165) is 24.3 Å². The van der Waals surface area contributed by atoms with Crippen LogP contribution < -0.4 is 5.73 Å². The van der Waals surface area contributed by atoms with Crippen molar-refractivity contribution in [1.29, 1.82) is 0 Å². The Morgan fingerprint density at radius 3 is 2.53 bits per heavy atom. The number of ether oxygens (including phenoxy) is 1. The van der Waals surface area contributed by atoms with E-state index >= 15 is 0 Å². The van der Waals surface area contributed by atoms with E-state index in [9.17, 15) is 0 Å². The third kappa shape index (κ3) is 9.13. The highest BCUT2D eigenvalue weighted by atomic mass is 16.5. The summed E-state index contributed by atoms with van der Waals surface area (Å²) in [7, 11) is 0. The SMILES string of the molecule is CCC/C=C(/C=C\C=C(/C)N)OC(C)C. The first-order valence-electron chi connectivity index (χ1n) is 5.53. The predicted octanol–water partition coefficient (Wildman–Crippen LogP) is 3.51. The summed E-state index contributed by atoms with van der Waals surface area (Å²) in [5.74, 6) is 0.921. The van der Waals surface area contributed by atoms with Gasteiger partial charge in [0, 0.05) is 5.70 Å². The van der Waals surface area contributed by atoms with Crippen molar-refractivity contribution in [3.63, 3.8) is 0 Å². The fourth-order valence-corrected chi connectivity index (χ4v) is 1.01. The summed E-state index contributed by atoms with van der Waals surface area (Å²) in [6.45, 7) is 8.06. The van der Waals surface area contributed by atoms with Crippen LogP contribution in [0.1, 0.15) is 40.5 Å². The van der Waals surface area contributed by atoms with Gasteiger partial charge < -0.3 is 10.5 Å². The van der Waals surface area contributed by atoms with E-state index in [1.54, 1.807) is 0 Å². The molecule has 0 radical (unpaired) electrons. The number of nitrogens with two attached hydrogens (primary N) is 1. The Balaban J connectivity index is 4.37. The second-order valence-electron chi connectivity index (χ2n) is 3.83. The lowest BCUT2D eigenvalue weighted by Gasteiger charge is -2.10. The molecule has 0 spiro atoms. The minimum Gasteiger partial charge on any atom is -0.491 e. The second-order valence-corrected chi connectivity index (χ2v) is 3.83. The largest absolute Gasteiger partial charge is 0.491 e. The van der Waals surface area contributed by atoms with Crippen molar-refractivity contribution < 1.29 is 4.74 Å². The Morgan fingerprint density at radius 2 is 2.07 bits per heavy atom. The zero-order valence-corrected chi connectivity index (χ0v) is 10.3. The molecule has 0 saturated heterocycles. The second kappa shape index (κ2) is 8.16. The maximum absolute atomic E-state index is 5.64. The number of allylic oxidation sites excluding steroid dienone is 5. The average Bonchev–Trinajstić information content (AvgIpc) is 2.12. The molecule has 0 aromatic heterocycles. The lowest BCUT2D eigenvalue weighted by atomic mass is 10.2. The standard InChI is InChI=1S/C13H23NO/c1-5-6-9-13(15-11(2)3)10-7-8-12(4)14/h7-11H,5-6,14H2,1-4H3/b10-7-,12-8+,13-9-. The molecule has 0 bridgehead atoms. The van der Waals surface area contributed by atoms with Gasteiger partial charge >= 0.3 is 0 Å². The molecular weight excluding hydrogens is 186 g/mol. The molecule has 0 unspecified atom stereocenters. The molecule has 0 heterocycles. The van der Waals surface area contributed by atoms with Crippen molar-refractivity contribution in [1.82, 2.24) is 0 Å². The molecule has 2 N–H and O–H groups in total. The fourth-order valence-electron chi connectivity index (χ4n) is 1.01. The summed E-state index contributed by atoms with van der Waals surface area (Å²) >= 11 is 0. The van der Waals surface area contributed by atoms with Crippen molar-refractivity contribution in [3.05, 3.63) is 35.8 Å². The third-order valence-corrected chi connectivity index (χ3v) is 1.63. The van der Waals surface area contributed by atoms with Crippen LogP contribution in [0.4, 0.5) is 0 Å². The number of rotatable bonds is 6. The smallest absolute Gasteiger partial charge is 0.115 e. The van der Waals surface area contributed by atoms with Gasteiger partial charge in [-0.15, -0.1) is 0 Å². The summed E-state index contributed by atoms with van der Waals surface area (Å²) in [5, 5.41) is 0. The lowest BCUT2D eigenvalue weighted by Crippen LogP contribution is -2.00. The van der Waals surface area contributed by atoms with Crippen LogP contribution in [-0.4, -0.2) is 6.10 Å². The average molecular weight is 209 g/mol. The molecule has 0 amide bonds. The molecule has 0 atom stereocenters. The summed E-state index contributed by atoms with van der Waals surface area (Å²) in [6.07, 6.45) is 10.2. The van der Waals surface area contributed by atoms with E-state index in [4.69, 9.17) is 10.5 Å². The highest BCUT2D eigenvalue weighted by Crippen LogP contribution is 2.07. The Labute approximate surface area is 93.5 Å². The molecular formula is C13H23NO. The normalized spacial score (nSPS) is 13.9. The number of hydrogen-bond acceptors (Lipinski definition) is 2. The van der Waals surface area contributed by atoms with Gasteiger partial charge in [0.15, 0.2) is 0 Å². The third-order valence-electron chi connectivity index (χ3n) is 1.63. The Kier molecular flexibility index (Phi) is 7.51. The first-order chi connectivity index (χ1) is 7.06. The van der Waals surface area contributed by atoms with Crippen LogP contribution >= 0.6 is 0 Å². The van der Waals surface area contributed by atoms with E-state index in [2.05, 4.69) is 13.0 Å². The van der Waals surface area contributed by atoms with Gasteiger partial charge in [-0.2, -0.15) is 0 Å². The molecule has 2 nitrogen and oxygen atoms in total. The van der Waals surface area contributed by atoms with E-state index in [1.807, 2.05) is 39.0 Å². The molecule has 2 heteroatoms. The first-order valence-corrected chi connectivity index (χ1v) is 5.53. The van der Waals surface area contributed by atoms with Crippen LogP contribution in [0.15, 0.2) is 35.8 Å².